The molecule has 0 saturated heterocycles. The van der Waals surface area contributed by atoms with E-state index in [1.807, 2.05) is 0 Å². The molecule has 0 unspecified atom stereocenters. The monoisotopic (exact) mass is 632 g/mol. The Morgan fingerprint density at radius 3 is 1.32 bits per heavy atom. The normalized spacial score (nSPS) is 11.6. The Bertz CT molecular complexity index is 2860. The summed E-state index contributed by atoms with van der Waals surface area (Å²) in [4.78, 5) is 0. The number of benzene rings is 10. The molecular formula is C50H32. The zero-order chi connectivity index (χ0) is 33.0. The van der Waals surface area contributed by atoms with Crippen molar-refractivity contribution < 1.29 is 0 Å². The first-order valence-corrected chi connectivity index (χ1v) is 17.3. The van der Waals surface area contributed by atoms with Gasteiger partial charge in [0.2, 0.25) is 0 Å². The molecule has 10 aromatic carbocycles. The fourth-order valence-electron chi connectivity index (χ4n) is 8.10. The van der Waals surface area contributed by atoms with Crippen LogP contribution in [0.3, 0.4) is 0 Å². The van der Waals surface area contributed by atoms with Crippen LogP contribution in [0, 0.1) is 0 Å². The third-order valence-corrected chi connectivity index (χ3v) is 10.4. The Morgan fingerprint density at radius 2 is 0.660 bits per heavy atom. The number of rotatable bonds is 4. The van der Waals surface area contributed by atoms with Crippen molar-refractivity contribution in [2.75, 3.05) is 0 Å². The topological polar surface area (TPSA) is 0 Å². The van der Waals surface area contributed by atoms with Gasteiger partial charge in [-0.2, -0.15) is 0 Å². The van der Waals surface area contributed by atoms with Crippen LogP contribution in [0.15, 0.2) is 194 Å². The molecule has 0 aromatic heterocycles. The van der Waals surface area contributed by atoms with Crippen molar-refractivity contribution in [1.82, 2.24) is 0 Å². The maximum absolute atomic E-state index is 2.39. The zero-order valence-electron chi connectivity index (χ0n) is 27.5. The summed E-state index contributed by atoms with van der Waals surface area (Å²) in [7, 11) is 0. The van der Waals surface area contributed by atoms with E-state index in [2.05, 4.69) is 194 Å². The van der Waals surface area contributed by atoms with Crippen LogP contribution in [0.1, 0.15) is 0 Å². The van der Waals surface area contributed by atoms with E-state index in [0.29, 0.717) is 0 Å². The van der Waals surface area contributed by atoms with Crippen molar-refractivity contribution in [2.45, 2.75) is 0 Å². The van der Waals surface area contributed by atoms with E-state index in [0.717, 1.165) is 0 Å². The molecule has 0 aliphatic rings. The minimum Gasteiger partial charge on any atom is -0.0622 e. The molecule has 0 atom stereocenters. The van der Waals surface area contributed by atoms with Crippen molar-refractivity contribution in [2.24, 2.45) is 0 Å². The van der Waals surface area contributed by atoms with Crippen molar-refractivity contribution in [3.05, 3.63) is 194 Å². The van der Waals surface area contributed by atoms with Gasteiger partial charge < -0.3 is 0 Å². The molecule has 0 bridgehead atoms. The molecule has 0 aliphatic heterocycles. The molecule has 0 saturated carbocycles. The maximum Gasteiger partial charge on any atom is -0.00262 e. The minimum absolute atomic E-state index is 1.23. The molecule has 10 aromatic rings. The van der Waals surface area contributed by atoms with E-state index in [1.165, 1.54) is 98.4 Å². The number of hydrogen-bond donors (Lipinski definition) is 0. The average Bonchev–Trinajstić information content (AvgIpc) is 3.19. The van der Waals surface area contributed by atoms with E-state index in [9.17, 15) is 0 Å². The molecule has 0 heterocycles. The Balaban J connectivity index is 1.18. The van der Waals surface area contributed by atoms with Crippen molar-refractivity contribution in [1.29, 1.82) is 0 Å². The standard InChI is InChI=1S/C50H32/c1-2-13-33(14-3-1)34-25-26-36-30-40(28-27-35(36)29-34)50-46-23-10-8-21-44(46)49(45-22-9-11-24-47(45)50)39-17-12-16-37(31-39)48-32-38-15-4-5-18-41(38)42-19-6-7-20-43(42)48/h1-32H. The van der Waals surface area contributed by atoms with E-state index in [4.69, 9.17) is 0 Å². The smallest absolute Gasteiger partial charge is 0.00262 e. The third-order valence-electron chi connectivity index (χ3n) is 10.4. The van der Waals surface area contributed by atoms with Gasteiger partial charge in [-0.3, -0.25) is 0 Å². The van der Waals surface area contributed by atoms with Crippen LogP contribution >= 0.6 is 0 Å². The molecule has 10 rings (SSSR count). The molecule has 0 radical (unpaired) electrons. The molecule has 232 valence electrons. The van der Waals surface area contributed by atoms with Gasteiger partial charge in [-0.25, -0.2) is 0 Å². The van der Waals surface area contributed by atoms with Crippen molar-refractivity contribution in [3.63, 3.8) is 0 Å². The highest BCUT2D eigenvalue weighted by atomic mass is 14.2. The van der Waals surface area contributed by atoms with Gasteiger partial charge in [0.25, 0.3) is 0 Å². The Labute approximate surface area is 291 Å². The molecule has 0 spiro atoms. The lowest BCUT2D eigenvalue weighted by Gasteiger charge is -2.19. The summed E-state index contributed by atoms with van der Waals surface area (Å²) >= 11 is 0. The van der Waals surface area contributed by atoms with Crippen LogP contribution in [0.2, 0.25) is 0 Å². The van der Waals surface area contributed by atoms with Crippen LogP contribution in [0.25, 0.3) is 98.4 Å². The van der Waals surface area contributed by atoms with Crippen molar-refractivity contribution in [3.8, 4) is 44.5 Å². The van der Waals surface area contributed by atoms with E-state index >= 15 is 0 Å². The summed E-state index contributed by atoms with van der Waals surface area (Å²) < 4.78 is 0. The lowest BCUT2D eigenvalue weighted by Crippen LogP contribution is -1.91. The first kappa shape index (κ1) is 28.5. The second-order valence-electron chi connectivity index (χ2n) is 13.3. The molecule has 50 heavy (non-hydrogen) atoms. The Hall–Kier alpha value is -6.50. The van der Waals surface area contributed by atoms with Gasteiger partial charge in [0, 0.05) is 0 Å². The summed E-state index contributed by atoms with van der Waals surface area (Å²) in [6.07, 6.45) is 0. The fraction of sp³-hybridized carbons (Fsp3) is 0. The molecule has 0 nitrogen and oxygen atoms in total. The van der Waals surface area contributed by atoms with E-state index < -0.39 is 0 Å². The lowest BCUT2D eigenvalue weighted by molar-refractivity contribution is 1.63. The summed E-state index contributed by atoms with van der Waals surface area (Å²) in [5.41, 5.74) is 10.00. The van der Waals surface area contributed by atoms with Gasteiger partial charge in [0.1, 0.15) is 0 Å². The SMILES string of the molecule is c1ccc(-c2ccc3cc(-c4c5ccccc5c(-c5cccc(-c6cc7ccccc7c7ccccc67)c5)c5ccccc45)ccc3c2)cc1. The molecular weight excluding hydrogens is 601 g/mol. The van der Waals surface area contributed by atoms with Crippen molar-refractivity contribution >= 4 is 53.9 Å². The summed E-state index contributed by atoms with van der Waals surface area (Å²) in [6, 6.07) is 71.3. The van der Waals surface area contributed by atoms with Gasteiger partial charge in [-0.05, 0) is 123 Å². The third kappa shape index (κ3) is 4.61. The quantitative estimate of drug-likeness (QED) is 0.134. The van der Waals surface area contributed by atoms with Gasteiger partial charge in [0.15, 0.2) is 0 Å². The van der Waals surface area contributed by atoms with Crippen LogP contribution in [-0.2, 0) is 0 Å². The highest BCUT2D eigenvalue weighted by Gasteiger charge is 2.18. The predicted octanol–water partition coefficient (Wildman–Crippen LogP) is 14.1. The lowest BCUT2D eigenvalue weighted by atomic mass is 9.84. The highest BCUT2D eigenvalue weighted by Crippen LogP contribution is 2.45. The Kier molecular flexibility index (Phi) is 6.60. The first-order valence-electron chi connectivity index (χ1n) is 17.3. The van der Waals surface area contributed by atoms with Crippen LogP contribution in [0.4, 0.5) is 0 Å². The van der Waals surface area contributed by atoms with Gasteiger partial charge in [-0.1, -0.05) is 170 Å². The highest BCUT2D eigenvalue weighted by molar-refractivity contribution is 6.22. The van der Waals surface area contributed by atoms with E-state index in [1.54, 1.807) is 0 Å². The minimum atomic E-state index is 1.23. The second kappa shape index (κ2) is 11.6. The molecule has 0 amide bonds. The van der Waals surface area contributed by atoms with Crippen LogP contribution in [-0.4, -0.2) is 0 Å². The molecule has 0 heteroatoms. The molecule has 0 fully saturated rings. The largest absolute Gasteiger partial charge is 0.0622 e. The van der Waals surface area contributed by atoms with Gasteiger partial charge in [-0.15, -0.1) is 0 Å². The molecule has 0 aliphatic carbocycles. The van der Waals surface area contributed by atoms with E-state index in [-0.39, 0.29) is 0 Å². The summed E-state index contributed by atoms with van der Waals surface area (Å²) in [5.74, 6) is 0. The predicted molar refractivity (Wildman–Crippen MR) is 216 cm³/mol. The number of fused-ring (bicyclic) bond motifs is 6. The maximum atomic E-state index is 2.39. The second-order valence-corrected chi connectivity index (χ2v) is 13.3. The zero-order valence-corrected chi connectivity index (χ0v) is 27.5. The van der Waals surface area contributed by atoms with Crippen LogP contribution < -0.4 is 0 Å². The summed E-state index contributed by atoms with van der Waals surface area (Å²) in [6.45, 7) is 0. The van der Waals surface area contributed by atoms with Crippen LogP contribution in [0.5, 0.6) is 0 Å². The number of hydrogen-bond acceptors (Lipinski definition) is 0. The van der Waals surface area contributed by atoms with Gasteiger partial charge in [0.05, 0.1) is 0 Å². The fourth-order valence-corrected chi connectivity index (χ4v) is 8.10. The Morgan fingerprint density at radius 1 is 0.200 bits per heavy atom. The molecule has 0 N–H and O–H groups in total. The average molecular weight is 633 g/mol. The first-order chi connectivity index (χ1) is 24.8. The van der Waals surface area contributed by atoms with Gasteiger partial charge >= 0.3 is 0 Å². The summed E-state index contributed by atoms with van der Waals surface area (Å²) in [5, 5.41) is 12.7.